The third-order valence-electron chi connectivity index (χ3n) is 11.8. The van der Waals surface area contributed by atoms with E-state index >= 15 is 0 Å². The minimum Gasteiger partial charge on any atom is -0.0622 e. The van der Waals surface area contributed by atoms with E-state index in [2.05, 4.69) is 48.5 Å². The van der Waals surface area contributed by atoms with E-state index in [1.54, 1.807) is 19.3 Å². The quantitative estimate of drug-likeness (QED) is 0.617. The zero-order valence-corrected chi connectivity index (χ0v) is 15.2. The maximum Gasteiger partial charge on any atom is -0.0176 e. The van der Waals surface area contributed by atoms with Crippen LogP contribution in [0.3, 0.4) is 0 Å². The minimum atomic E-state index is 0.582. The standard InChI is InChI=1S/C21H34/c1-11-8-21-9-15(11)16(10-21)17-14(4)19(6)18(17,5)12(2)13(3)20(19,21)7/h11-17H,8-10H2,1-7H3. The van der Waals surface area contributed by atoms with Gasteiger partial charge in [-0.15, -0.1) is 0 Å². The molecule has 5 aliphatic carbocycles. The maximum atomic E-state index is 2.76. The Morgan fingerprint density at radius 2 is 1.29 bits per heavy atom. The molecule has 5 saturated carbocycles. The number of hydrogen-bond acceptors (Lipinski definition) is 0. The summed E-state index contributed by atoms with van der Waals surface area (Å²) >= 11 is 0. The molecule has 11 unspecified atom stereocenters. The van der Waals surface area contributed by atoms with E-state index in [-0.39, 0.29) is 0 Å². The highest BCUT2D eigenvalue weighted by molar-refractivity contribution is 5.35. The van der Waals surface area contributed by atoms with Crippen molar-refractivity contribution in [3.05, 3.63) is 0 Å². The molecule has 0 radical (unpaired) electrons. The third-order valence-corrected chi connectivity index (χ3v) is 11.8. The lowest BCUT2D eigenvalue weighted by Crippen LogP contribution is -2.67. The second kappa shape index (κ2) is 3.13. The normalized spacial score (nSPS) is 77.0. The maximum absolute atomic E-state index is 2.76. The Morgan fingerprint density at radius 3 is 1.95 bits per heavy atom. The molecule has 0 amide bonds. The number of fused-ring (bicyclic) bond motifs is 3. The molecule has 5 rings (SSSR count). The predicted octanol–water partition coefficient (Wildman–Crippen LogP) is 5.62. The molecule has 0 saturated heterocycles. The van der Waals surface area contributed by atoms with Crippen molar-refractivity contribution in [2.75, 3.05) is 0 Å². The fourth-order valence-electron chi connectivity index (χ4n) is 10.6. The van der Waals surface area contributed by atoms with Gasteiger partial charge < -0.3 is 0 Å². The first kappa shape index (κ1) is 13.4. The van der Waals surface area contributed by atoms with Gasteiger partial charge in [0, 0.05) is 0 Å². The zero-order chi connectivity index (χ0) is 15.2. The molecule has 0 nitrogen and oxygen atoms in total. The lowest BCUT2D eigenvalue weighted by Gasteiger charge is -2.71. The average molecular weight is 287 g/mol. The summed E-state index contributed by atoms with van der Waals surface area (Å²) in [6.45, 7) is 18.7. The molecule has 0 heteroatoms. The molecule has 2 bridgehead atoms. The SMILES string of the molecule is CC1CC23C4(C)C(C)C(C)C5(C)C(C(C2)C1C3)C(C)C54C. The first-order chi connectivity index (χ1) is 9.67. The highest BCUT2D eigenvalue weighted by Crippen LogP contribution is 2.93. The van der Waals surface area contributed by atoms with Crippen molar-refractivity contribution in [2.24, 2.45) is 63.1 Å². The Kier molecular flexibility index (Phi) is 2.01. The van der Waals surface area contributed by atoms with Crippen LogP contribution in [0, 0.1) is 63.1 Å². The van der Waals surface area contributed by atoms with Crippen molar-refractivity contribution in [1.29, 1.82) is 0 Å². The molecule has 0 aromatic carbocycles. The lowest BCUT2D eigenvalue weighted by molar-refractivity contribution is -0.244. The van der Waals surface area contributed by atoms with Crippen molar-refractivity contribution < 1.29 is 0 Å². The number of rotatable bonds is 2. The Morgan fingerprint density at radius 1 is 0.667 bits per heavy atom. The molecule has 0 aliphatic heterocycles. The topological polar surface area (TPSA) is 0 Å². The van der Waals surface area contributed by atoms with E-state index < -0.39 is 0 Å². The smallest absolute Gasteiger partial charge is 0.0176 e. The first-order valence-electron chi connectivity index (χ1n) is 9.67. The fourth-order valence-corrected chi connectivity index (χ4v) is 10.6. The second-order valence-corrected chi connectivity index (χ2v) is 10.8. The van der Waals surface area contributed by atoms with Crippen LogP contribution in [-0.2, 0) is 0 Å². The van der Waals surface area contributed by atoms with Crippen molar-refractivity contribution in [2.45, 2.75) is 67.7 Å². The summed E-state index contributed by atoms with van der Waals surface area (Å²) in [6.07, 6.45) is 4.73. The van der Waals surface area contributed by atoms with Crippen LogP contribution >= 0.6 is 0 Å². The summed E-state index contributed by atoms with van der Waals surface area (Å²) in [5.74, 6) is 6.95. The molecule has 5 aliphatic rings. The van der Waals surface area contributed by atoms with Gasteiger partial charge in [0.2, 0.25) is 0 Å². The van der Waals surface area contributed by atoms with Gasteiger partial charge in [0.25, 0.3) is 0 Å². The monoisotopic (exact) mass is 286 g/mol. The Hall–Kier alpha value is 0. The Balaban J connectivity index is 1.84. The Bertz CT molecular complexity index is 536. The van der Waals surface area contributed by atoms with E-state index in [4.69, 9.17) is 0 Å². The molecule has 0 heterocycles. The highest BCUT2D eigenvalue weighted by Gasteiger charge is 2.87. The van der Waals surface area contributed by atoms with Crippen LogP contribution in [0.15, 0.2) is 0 Å². The molecule has 0 aromatic heterocycles. The van der Waals surface area contributed by atoms with Crippen molar-refractivity contribution in [3.8, 4) is 0 Å². The van der Waals surface area contributed by atoms with Crippen LogP contribution in [0.4, 0.5) is 0 Å². The van der Waals surface area contributed by atoms with Crippen molar-refractivity contribution >= 4 is 0 Å². The molecule has 118 valence electrons. The van der Waals surface area contributed by atoms with Gasteiger partial charge in [-0.3, -0.25) is 0 Å². The van der Waals surface area contributed by atoms with Gasteiger partial charge in [0.05, 0.1) is 0 Å². The van der Waals surface area contributed by atoms with E-state index in [9.17, 15) is 0 Å². The van der Waals surface area contributed by atoms with Gasteiger partial charge in [0.15, 0.2) is 0 Å². The van der Waals surface area contributed by atoms with E-state index in [1.165, 1.54) is 0 Å². The van der Waals surface area contributed by atoms with Gasteiger partial charge in [-0.2, -0.15) is 0 Å². The van der Waals surface area contributed by atoms with Crippen LogP contribution in [0.25, 0.3) is 0 Å². The molecular formula is C21H34. The van der Waals surface area contributed by atoms with Crippen LogP contribution in [0.5, 0.6) is 0 Å². The summed E-state index contributed by atoms with van der Waals surface area (Å²) in [4.78, 5) is 0. The summed E-state index contributed by atoms with van der Waals surface area (Å²) in [5.41, 5.74) is 2.49. The molecule has 11 atom stereocenters. The van der Waals surface area contributed by atoms with Crippen LogP contribution in [0.1, 0.15) is 67.7 Å². The second-order valence-electron chi connectivity index (χ2n) is 10.8. The van der Waals surface area contributed by atoms with Crippen LogP contribution in [0.2, 0.25) is 0 Å². The molecule has 0 N–H and O–H groups in total. The molecule has 21 heavy (non-hydrogen) atoms. The molecule has 5 fully saturated rings. The van der Waals surface area contributed by atoms with E-state index in [0.717, 1.165) is 41.4 Å². The minimum absolute atomic E-state index is 0.582. The Labute approximate surface area is 131 Å². The van der Waals surface area contributed by atoms with Crippen molar-refractivity contribution in [3.63, 3.8) is 0 Å². The van der Waals surface area contributed by atoms with E-state index in [0.29, 0.717) is 21.7 Å². The number of hydrogen-bond donors (Lipinski definition) is 0. The third kappa shape index (κ3) is 0.876. The summed E-state index contributed by atoms with van der Waals surface area (Å²) in [5, 5.41) is 0. The van der Waals surface area contributed by atoms with Crippen LogP contribution < -0.4 is 0 Å². The molecule has 0 aromatic rings. The fraction of sp³-hybridized carbons (Fsp3) is 1.00. The average Bonchev–Trinajstić information content (AvgIpc) is 2.99. The van der Waals surface area contributed by atoms with Gasteiger partial charge in [-0.1, -0.05) is 48.5 Å². The van der Waals surface area contributed by atoms with E-state index in [1.807, 2.05) is 0 Å². The van der Waals surface area contributed by atoms with Crippen LogP contribution in [-0.4, -0.2) is 0 Å². The van der Waals surface area contributed by atoms with Gasteiger partial charge in [-0.05, 0) is 82.3 Å². The predicted molar refractivity (Wildman–Crippen MR) is 87.7 cm³/mol. The molecular weight excluding hydrogens is 252 g/mol. The largest absolute Gasteiger partial charge is 0.0622 e. The van der Waals surface area contributed by atoms with Crippen molar-refractivity contribution in [1.82, 2.24) is 0 Å². The van der Waals surface area contributed by atoms with Gasteiger partial charge in [0.1, 0.15) is 0 Å². The van der Waals surface area contributed by atoms with Gasteiger partial charge in [-0.25, -0.2) is 0 Å². The summed E-state index contributed by atoms with van der Waals surface area (Å²) in [6, 6.07) is 0. The first-order valence-corrected chi connectivity index (χ1v) is 9.67. The van der Waals surface area contributed by atoms with Gasteiger partial charge >= 0.3 is 0 Å². The highest BCUT2D eigenvalue weighted by atomic mass is 14.9. The zero-order valence-electron chi connectivity index (χ0n) is 15.2. The summed E-state index contributed by atoms with van der Waals surface area (Å²) in [7, 11) is 0. The summed E-state index contributed by atoms with van der Waals surface area (Å²) < 4.78 is 0. The lowest BCUT2D eigenvalue weighted by atomic mass is 9.33. The molecule has 0 spiro atoms.